The van der Waals surface area contributed by atoms with Gasteiger partial charge in [0.2, 0.25) is 5.43 Å². The van der Waals surface area contributed by atoms with Gasteiger partial charge in [0.05, 0.1) is 12.2 Å². The number of hydrogen-bond acceptors (Lipinski definition) is 4. The van der Waals surface area contributed by atoms with E-state index in [1.54, 1.807) is 13.1 Å². The number of carbonyl (C=O) groups excluding carboxylic acids is 1. The first-order valence-corrected chi connectivity index (χ1v) is 9.22. The smallest absolute Gasteiger partial charge is 0.275 e. The molecule has 1 aromatic heterocycles. The van der Waals surface area contributed by atoms with Crippen molar-refractivity contribution in [3.8, 4) is 5.75 Å². The third kappa shape index (κ3) is 3.05. The maximum Gasteiger partial charge on any atom is 0.275 e. The van der Waals surface area contributed by atoms with Crippen LogP contribution in [-0.2, 0) is 0 Å². The topological polar surface area (TPSA) is 75.4 Å². The number of nitrogens with zero attached hydrogens (tertiary/aromatic N) is 3. The van der Waals surface area contributed by atoms with Crippen molar-refractivity contribution in [3.63, 3.8) is 0 Å². The van der Waals surface area contributed by atoms with E-state index >= 15 is 0 Å². The number of benzene rings is 2. The lowest BCUT2D eigenvalue weighted by molar-refractivity contribution is 0.0686. The Labute approximate surface area is 166 Å². The van der Waals surface area contributed by atoms with Crippen LogP contribution >= 0.6 is 11.6 Å². The molecule has 0 saturated heterocycles. The number of rotatable bonds is 3. The Bertz CT molecular complexity index is 1100. The number of halogens is 1. The SMILES string of the molecule is CN1C[C@H]([C@H](c2ccccc2)c2cccc(Cl)c2)n2ncc(=O)c(O)c2C1=O. The number of carbonyl (C=O) groups is 1. The van der Waals surface area contributed by atoms with E-state index in [1.165, 1.54) is 9.58 Å². The zero-order valence-corrected chi connectivity index (χ0v) is 15.9. The molecule has 1 aliphatic heterocycles. The second-order valence-electron chi connectivity index (χ2n) is 6.85. The van der Waals surface area contributed by atoms with Crippen molar-refractivity contribution in [3.05, 3.63) is 92.9 Å². The van der Waals surface area contributed by atoms with Crippen molar-refractivity contribution < 1.29 is 9.90 Å². The minimum absolute atomic E-state index is 0.0887. The maximum absolute atomic E-state index is 12.6. The molecule has 7 heteroatoms. The van der Waals surface area contributed by atoms with E-state index in [-0.39, 0.29) is 17.7 Å². The summed E-state index contributed by atoms with van der Waals surface area (Å²) in [6.07, 6.45) is 1.05. The molecule has 1 amide bonds. The number of amides is 1. The Morgan fingerprint density at radius 2 is 1.82 bits per heavy atom. The first kappa shape index (κ1) is 18.3. The average molecular weight is 396 g/mol. The highest BCUT2D eigenvalue weighted by molar-refractivity contribution is 6.30. The van der Waals surface area contributed by atoms with Crippen molar-refractivity contribution in [2.24, 2.45) is 0 Å². The van der Waals surface area contributed by atoms with Crippen LogP contribution in [-0.4, -0.2) is 39.3 Å². The summed E-state index contributed by atoms with van der Waals surface area (Å²) in [5, 5.41) is 15.1. The molecule has 1 N–H and O–H groups in total. The van der Waals surface area contributed by atoms with Gasteiger partial charge in [0.1, 0.15) is 0 Å². The predicted molar refractivity (Wildman–Crippen MR) is 106 cm³/mol. The number of hydrogen-bond donors (Lipinski definition) is 1. The Kier molecular flexibility index (Phi) is 4.65. The maximum atomic E-state index is 12.6. The summed E-state index contributed by atoms with van der Waals surface area (Å²) in [6, 6.07) is 17.0. The second-order valence-corrected chi connectivity index (χ2v) is 7.28. The Morgan fingerprint density at radius 1 is 1.11 bits per heavy atom. The zero-order chi connectivity index (χ0) is 19.8. The first-order valence-electron chi connectivity index (χ1n) is 8.84. The Balaban J connectivity index is 1.95. The van der Waals surface area contributed by atoms with Gasteiger partial charge in [-0.2, -0.15) is 5.10 Å². The molecule has 2 aromatic carbocycles. The molecule has 2 heterocycles. The Morgan fingerprint density at radius 3 is 2.54 bits per heavy atom. The third-order valence-corrected chi connectivity index (χ3v) is 5.30. The summed E-state index contributed by atoms with van der Waals surface area (Å²) in [7, 11) is 1.65. The summed E-state index contributed by atoms with van der Waals surface area (Å²) in [6.45, 7) is 0.368. The number of likely N-dealkylation sites (N-methyl/N-ethyl adjacent to an activating group) is 1. The van der Waals surface area contributed by atoms with Crippen molar-refractivity contribution in [1.29, 1.82) is 0 Å². The summed E-state index contributed by atoms with van der Waals surface area (Å²) in [5.41, 5.74) is 1.21. The van der Waals surface area contributed by atoms with Gasteiger partial charge >= 0.3 is 0 Å². The van der Waals surface area contributed by atoms with E-state index in [0.29, 0.717) is 11.6 Å². The van der Waals surface area contributed by atoms with Gasteiger partial charge in [-0.1, -0.05) is 54.1 Å². The lowest BCUT2D eigenvalue weighted by Gasteiger charge is -2.37. The second kappa shape index (κ2) is 7.13. The quantitative estimate of drug-likeness (QED) is 0.739. The minimum Gasteiger partial charge on any atom is -0.502 e. The van der Waals surface area contributed by atoms with Crippen molar-refractivity contribution in [2.45, 2.75) is 12.0 Å². The molecule has 0 saturated carbocycles. The van der Waals surface area contributed by atoms with Crippen LogP contribution < -0.4 is 5.43 Å². The molecule has 0 radical (unpaired) electrons. The summed E-state index contributed by atoms with van der Waals surface area (Å²) in [4.78, 5) is 26.0. The zero-order valence-electron chi connectivity index (χ0n) is 15.1. The van der Waals surface area contributed by atoms with Gasteiger partial charge in [0, 0.05) is 24.5 Å². The largest absolute Gasteiger partial charge is 0.502 e. The van der Waals surface area contributed by atoms with E-state index in [1.807, 2.05) is 48.5 Å². The molecule has 1 aliphatic rings. The van der Waals surface area contributed by atoms with Crippen molar-refractivity contribution >= 4 is 17.5 Å². The molecular formula is C21H18ClN3O3. The van der Waals surface area contributed by atoms with E-state index in [0.717, 1.165) is 17.3 Å². The van der Waals surface area contributed by atoms with Gasteiger partial charge < -0.3 is 10.0 Å². The third-order valence-electron chi connectivity index (χ3n) is 5.06. The van der Waals surface area contributed by atoms with Gasteiger partial charge in [0.25, 0.3) is 5.91 Å². The number of fused-ring (bicyclic) bond motifs is 1. The lowest BCUT2D eigenvalue weighted by atomic mass is 9.84. The predicted octanol–water partition coefficient (Wildman–Crippen LogP) is 3.06. The fourth-order valence-electron chi connectivity index (χ4n) is 3.77. The van der Waals surface area contributed by atoms with Crippen molar-refractivity contribution in [1.82, 2.24) is 14.7 Å². The van der Waals surface area contributed by atoms with Crippen LogP contribution in [0, 0.1) is 0 Å². The van der Waals surface area contributed by atoms with Gasteiger partial charge in [-0.3, -0.25) is 14.3 Å². The fourth-order valence-corrected chi connectivity index (χ4v) is 3.97. The van der Waals surface area contributed by atoms with Crippen LogP contribution in [0.4, 0.5) is 0 Å². The van der Waals surface area contributed by atoms with E-state index < -0.39 is 17.1 Å². The molecule has 0 bridgehead atoms. The van der Waals surface area contributed by atoms with Crippen LogP contribution in [0.2, 0.25) is 5.02 Å². The van der Waals surface area contributed by atoms with Gasteiger partial charge in [0.15, 0.2) is 11.4 Å². The molecule has 142 valence electrons. The van der Waals surface area contributed by atoms with E-state index in [2.05, 4.69) is 5.10 Å². The average Bonchev–Trinajstić information content (AvgIpc) is 2.69. The van der Waals surface area contributed by atoms with Crippen LogP contribution in [0.1, 0.15) is 33.6 Å². The molecule has 0 aliphatic carbocycles. The molecule has 4 rings (SSSR count). The molecule has 6 nitrogen and oxygen atoms in total. The summed E-state index contributed by atoms with van der Waals surface area (Å²) >= 11 is 6.25. The highest BCUT2D eigenvalue weighted by atomic mass is 35.5. The van der Waals surface area contributed by atoms with Gasteiger partial charge in [-0.25, -0.2) is 0 Å². The standard InChI is InChI=1S/C21H18ClN3O3/c1-24-12-16(25-19(21(24)28)20(27)17(26)11-23-25)18(13-6-3-2-4-7-13)14-8-5-9-15(22)10-14/h2-11,16,18,27H,12H2,1H3/t16-,18-/m1/s1. The first-order chi connectivity index (χ1) is 13.5. The van der Waals surface area contributed by atoms with Gasteiger partial charge in [-0.15, -0.1) is 0 Å². The lowest BCUT2D eigenvalue weighted by Crippen LogP contribution is -2.45. The van der Waals surface area contributed by atoms with E-state index in [9.17, 15) is 14.7 Å². The molecule has 0 unspecified atom stereocenters. The highest BCUT2D eigenvalue weighted by Crippen LogP contribution is 2.39. The normalized spacial score (nSPS) is 17.3. The van der Waals surface area contributed by atoms with Crippen LogP contribution in [0.5, 0.6) is 5.75 Å². The minimum atomic E-state index is -0.673. The number of aromatic nitrogens is 2. The number of aromatic hydroxyl groups is 1. The highest BCUT2D eigenvalue weighted by Gasteiger charge is 2.38. The Hall–Kier alpha value is -3.12. The molecule has 0 spiro atoms. The van der Waals surface area contributed by atoms with E-state index in [4.69, 9.17) is 11.6 Å². The summed E-state index contributed by atoms with van der Waals surface area (Å²) < 4.78 is 1.47. The van der Waals surface area contributed by atoms with Crippen LogP contribution in [0.15, 0.2) is 65.6 Å². The van der Waals surface area contributed by atoms with Gasteiger partial charge in [-0.05, 0) is 23.3 Å². The molecule has 28 heavy (non-hydrogen) atoms. The molecule has 2 atom stereocenters. The molecular weight excluding hydrogens is 378 g/mol. The fraction of sp³-hybridized carbons (Fsp3) is 0.190. The van der Waals surface area contributed by atoms with Crippen molar-refractivity contribution in [2.75, 3.05) is 13.6 Å². The molecule has 3 aromatic rings. The molecule has 0 fully saturated rings. The summed E-state index contributed by atoms with van der Waals surface area (Å²) in [5.74, 6) is -1.20. The monoisotopic (exact) mass is 395 g/mol. The van der Waals surface area contributed by atoms with Crippen LogP contribution in [0.3, 0.4) is 0 Å². The van der Waals surface area contributed by atoms with Crippen LogP contribution in [0.25, 0.3) is 0 Å².